The van der Waals surface area contributed by atoms with E-state index in [-0.39, 0.29) is 30.0 Å². The highest BCUT2D eigenvalue weighted by atomic mass is 35.5. The molecule has 0 aliphatic heterocycles. The highest BCUT2D eigenvalue weighted by Crippen LogP contribution is 2.23. The third-order valence-electron chi connectivity index (χ3n) is 2.84. The summed E-state index contributed by atoms with van der Waals surface area (Å²) in [6.07, 6.45) is 0. The maximum atomic E-state index is 11.9. The second-order valence-electron chi connectivity index (χ2n) is 4.53. The molecule has 0 fully saturated rings. The zero-order valence-electron chi connectivity index (χ0n) is 12.9. The molecule has 1 aromatic heterocycles. The van der Waals surface area contributed by atoms with E-state index in [2.05, 4.69) is 10.6 Å². The van der Waals surface area contributed by atoms with Gasteiger partial charge in [-0.15, -0.1) is 12.4 Å². The lowest BCUT2D eigenvalue weighted by molar-refractivity contribution is 0.0921. The van der Waals surface area contributed by atoms with Crippen LogP contribution in [0, 0.1) is 0 Å². The third-order valence-corrected chi connectivity index (χ3v) is 2.84. The van der Waals surface area contributed by atoms with Crippen molar-refractivity contribution in [2.45, 2.75) is 0 Å². The van der Waals surface area contributed by atoms with Crippen LogP contribution in [0.15, 0.2) is 46.9 Å². The van der Waals surface area contributed by atoms with Gasteiger partial charge in [-0.05, 0) is 18.2 Å². The molecule has 23 heavy (non-hydrogen) atoms. The summed E-state index contributed by atoms with van der Waals surface area (Å²) in [6, 6.07) is 12.5. The van der Waals surface area contributed by atoms with Gasteiger partial charge in [-0.3, -0.25) is 4.79 Å². The van der Waals surface area contributed by atoms with Gasteiger partial charge in [0.05, 0.1) is 6.61 Å². The zero-order chi connectivity index (χ0) is 15.6. The Hall–Kier alpha value is -2.02. The van der Waals surface area contributed by atoms with Crippen molar-refractivity contribution in [3.63, 3.8) is 0 Å². The molecule has 6 nitrogen and oxygen atoms in total. The Labute approximate surface area is 141 Å². The Bertz CT molecular complexity index is 574. The molecular weight excluding hydrogens is 320 g/mol. The average Bonchev–Trinajstić information content (AvgIpc) is 3.00. The lowest BCUT2D eigenvalue weighted by Crippen LogP contribution is -2.32. The van der Waals surface area contributed by atoms with Crippen molar-refractivity contribution in [3.05, 3.63) is 48.2 Å². The molecule has 0 aliphatic rings. The van der Waals surface area contributed by atoms with Gasteiger partial charge in [-0.25, -0.2) is 0 Å². The fraction of sp³-hybridized carbons (Fsp3) is 0.312. The first kappa shape index (κ1) is 19.0. The molecule has 0 saturated carbocycles. The Morgan fingerprint density at radius 3 is 2.61 bits per heavy atom. The summed E-state index contributed by atoms with van der Waals surface area (Å²) in [5.74, 6) is 0.903. The van der Waals surface area contributed by atoms with E-state index >= 15 is 0 Å². The minimum atomic E-state index is -0.267. The third kappa shape index (κ3) is 6.73. The summed E-state index contributed by atoms with van der Waals surface area (Å²) in [4.78, 5) is 11.9. The largest absolute Gasteiger partial charge is 0.426 e. The summed E-state index contributed by atoms with van der Waals surface area (Å²) in [5, 5.41) is 5.90. The van der Waals surface area contributed by atoms with Crippen LogP contribution in [0.25, 0.3) is 0 Å². The molecular formula is C16H21ClN2O4. The smallest absolute Gasteiger partial charge is 0.290 e. The number of furan rings is 1. The normalized spacial score (nSPS) is 9.96. The number of nitrogens with one attached hydrogen (secondary N) is 2. The lowest BCUT2D eigenvalue weighted by atomic mass is 10.3. The molecule has 0 aliphatic carbocycles. The molecule has 7 heteroatoms. The molecule has 126 valence electrons. The maximum absolute atomic E-state index is 11.9. The van der Waals surface area contributed by atoms with Crippen LogP contribution >= 0.6 is 12.4 Å². The van der Waals surface area contributed by atoms with E-state index in [1.807, 2.05) is 30.3 Å². The van der Waals surface area contributed by atoms with Gasteiger partial charge in [0.15, 0.2) is 5.76 Å². The van der Waals surface area contributed by atoms with Crippen molar-refractivity contribution in [1.82, 2.24) is 10.6 Å². The fourth-order valence-corrected chi connectivity index (χ4v) is 1.75. The molecule has 1 heterocycles. The highest BCUT2D eigenvalue weighted by Gasteiger charge is 2.11. The van der Waals surface area contributed by atoms with Crippen molar-refractivity contribution < 1.29 is 18.7 Å². The van der Waals surface area contributed by atoms with Gasteiger partial charge in [0.25, 0.3) is 11.9 Å². The average molecular weight is 341 g/mol. The number of hydrogen-bond acceptors (Lipinski definition) is 5. The Morgan fingerprint density at radius 2 is 1.87 bits per heavy atom. The Kier molecular flexibility index (Phi) is 8.82. The number of amides is 1. The summed E-state index contributed by atoms with van der Waals surface area (Å²) >= 11 is 0. The van der Waals surface area contributed by atoms with Gasteiger partial charge >= 0.3 is 0 Å². The first-order chi connectivity index (χ1) is 10.8. The number of para-hydroxylation sites is 1. The van der Waals surface area contributed by atoms with E-state index in [9.17, 15) is 4.79 Å². The first-order valence-corrected chi connectivity index (χ1v) is 7.10. The topological polar surface area (TPSA) is 72.7 Å². The molecule has 0 radical (unpaired) electrons. The number of hydrogen-bond donors (Lipinski definition) is 2. The number of benzene rings is 1. The Morgan fingerprint density at radius 1 is 1.09 bits per heavy atom. The van der Waals surface area contributed by atoms with E-state index < -0.39 is 0 Å². The van der Waals surface area contributed by atoms with Crippen LogP contribution < -0.4 is 15.4 Å². The van der Waals surface area contributed by atoms with Crippen LogP contribution in [0.5, 0.6) is 11.7 Å². The molecule has 0 bridgehead atoms. The van der Waals surface area contributed by atoms with Crippen LogP contribution in [0.3, 0.4) is 0 Å². The number of rotatable bonds is 9. The predicted octanol–water partition coefficient (Wildman–Crippen LogP) is 2.46. The molecule has 1 amide bonds. The number of ether oxygens (including phenoxy) is 2. The molecule has 0 unspecified atom stereocenters. The monoisotopic (exact) mass is 340 g/mol. The summed E-state index contributed by atoms with van der Waals surface area (Å²) < 4.78 is 15.8. The van der Waals surface area contributed by atoms with Crippen molar-refractivity contribution >= 4 is 18.3 Å². The van der Waals surface area contributed by atoms with Crippen molar-refractivity contribution in [2.24, 2.45) is 0 Å². The van der Waals surface area contributed by atoms with Crippen molar-refractivity contribution in [1.29, 1.82) is 0 Å². The number of halogens is 1. The number of carbonyl (C=O) groups is 1. The van der Waals surface area contributed by atoms with Crippen LogP contribution in [0.2, 0.25) is 0 Å². The van der Waals surface area contributed by atoms with Crippen LogP contribution in [0.1, 0.15) is 10.6 Å². The summed E-state index contributed by atoms with van der Waals surface area (Å²) in [5.41, 5.74) is 0. The number of carbonyl (C=O) groups excluding carboxylic acids is 1. The molecule has 2 rings (SSSR count). The molecule has 0 saturated heterocycles. The predicted molar refractivity (Wildman–Crippen MR) is 89.6 cm³/mol. The van der Waals surface area contributed by atoms with Gasteiger partial charge in [-0.2, -0.15) is 0 Å². The van der Waals surface area contributed by atoms with Gasteiger partial charge in [-0.1, -0.05) is 18.2 Å². The van der Waals surface area contributed by atoms with Crippen molar-refractivity contribution in [2.75, 3.05) is 33.4 Å². The Balaban J connectivity index is 0.00000264. The van der Waals surface area contributed by atoms with Gasteiger partial charge in [0.2, 0.25) is 0 Å². The zero-order valence-corrected chi connectivity index (χ0v) is 13.7. The lowest BCUT2D eigenvalue weighted by Gasteiger charge is -2.05. The van der Waals surface area contributed by atoms with E-state index in [4.69, 9.17) is 13.9 Å². The minimum absolute atomic E-state index is 0. The van der Waals surface area contributed by atoms with E-state index in [1.165, 1.54) is 0 Å². The standard InChI is InChI=1S/C16H20N2O4.ClH/c1-20-12-11-17-9-10-18-16(19)14-7-8-15(22-14)21-13-5-3-2-4-6-13;/h2-8,17H,9-12H2,1H3,(H,18,19);1H. The van der Waals surface area contributed by atoms with Crippen LogP contribution in [-0.2, 0) is 4.74 Å². The van der Waals surface area contributed by atoms with E-state index in [0.29, 0.717) is 25.4 Å². The SMILES string of the molecule is COCCNCCNC(=O)c1ccc(Oc2ccccc2)o1.Cl. The molecule has 2 N–H and O–H groups in total. The number of methoxy groups -OCH3 is 1. The second kappa shape index (κ2) is 10.7. The van der Waals surface area contributed by atoms with E-state index in [1.54, 1.807) is 19.2 Å². The van der Waals surface area contributed by atoms with Crippen LogP contribution in [0.4, 0.5) is 0 Å². The minimum Gasteiger partial charge on any atom is -0.426 e. The molecule has 0 spiro atoms. The van der Waals surface area contributed by atoms with Gasteiger partial charge < -0.3 is 24.5 Å². The quantitative estimate of drug-likeness (QED) is 0.686. The van der Waals surface area contributed by atoms with Gasteiger partial charge in [0, 0.05) is 32.8 Å². The van der Waals surface area contributed by atoms with Gasteiger partial charge in [0.1, 0.15) is 5.75 Å². The summed E-state index contributed by atoms with van der Waals surface area (Å²) in [7, 11) is 1.65. The maximum Gasteiger partial charge on any atom is 0.290 e. The second-order valence-corrected chi connectivity index (χ2v) is 4.53. The first-order valence-electron chi connectivity index (χ1n) is 7.10. The van der Waals surface area contributed by atoms with E-state index in [0.717, 1.165) is 6.54 Å². The van der Waals surface area contributed by atoms with Crippen LogP contribution in [-0.4, -0.2) is 39.3 Å². The molecule has 0 atom stereocenters. The summed E-state index contributed by atoms with van der Waals surface area (Å²) in [6.45, 7) is 2.58. The molecule has 1 aromatic carbocycles. The fourth-order valence-electron chi connectivity index (χ4n) is 1.75. The molecule has 2 aromatic rings. The highest BCUT2D eigenvalue weighted by molar-refractivity contribution is 5.91. The van der Waals surface area contributed by atoms with Crippen molar-refractivity contribution in [3.8, 4) is 11.7 Å².